The van der Waals surface area contributed by atoms with E-state index in [0.717, 1.165) is 0 Å². The number of aromatic nitrogens is 3. The Labute approximate surface area is 102 Å². The molecule has 18 heavy (non-hydrogen) atoms. The van der Waals surface area contributed by atoms with Crippen LogP contribution in [0.5, 0.6) is 11.5 Å². The number of hydrogen-bond donors (Lipinski definition) is 2. The van der Waals surface area contributed by atoms with Gasteiger partial charge >= 0.3 is 5.97 Å². The van der Waals surface area contributed by atoms with Crippen molar-refractivity contribution in [2.45, 2.75) is 0 Å². The number of methoxy groups -OCH3 is 2. The number of H-pyrrole nitrogens is 1. The summed E-state index contributed by atoms with van der Waals surface area (Å²) < 4.78 is 10.2. The number of rotatable bonds is 4. The third kappa shape index (κ3) is 2.10. The fourth-order valence-electron chi connectivity index (χ4n) is 1.46. The highest BCUT2D eigenvalue weighted by molar-refractivity contribution is 5.83. The Bertz CT molecular complexity index is 579. The van der Waals surface area contributed by atoms with Crippen molar-refractivity contribution < 1.29 is 19.4 Å². The van der Waals surface area contributed by atoms with Crippen LogP contribution >= 0.6 is 0 Å². The second-order valence-corrected chi connectivity index (χ2v) is 3.38. The zero-order chi connectivity index (χ0) is 13.1. The van der Waals surface area contributed by atoms with Gasteiger partial charge in [-0.3, -0.25) is 5.10 Å². The number of aromatic amines is 1. The van der Waals surface area contributed by atoms with E-state index in [1.54, 1.807) is 18.2 Å². The highest BCUT2D eigenvalue weighted by Gasteiger charge is 2.13. The average molecular weight is 249 g/mol. The van der Waals surface area contributed by atoms with Crippen molar-refractivity contribution in [1.82, 2.24) is 15.2 Å². The molecule has 0 aliphatic heterocycles. The zero-order valence-corrected chi connectivity index (χ0v) is 9.80. The van der Waals surface area contributed by atoms with E-state index in [1.807, 2.05) is 0 Å². The van der Waals surface area contributed by atoms with Crippen molar-refractivity contribution in [1.29, 1.82) is 0 Å². The Hall–Kier alpha value is -2.57. The minimum atomic E-state index is -1.16. The molecule has 0 atom stereocenters. The van der Waals surface area contributed by atoms with Gasteiger partial charge in [0.25, 0.3) is 0 Å². The van der Waals surface area contributed by atoms with Crippen LogP contribution in [0, 0.1) is 0 Å². The maximum atomic E-state index is 10.7. The highest BCUT2D eigenvalue weighted by atomic mass is 16.5. The van der Waals surface area contributed by atoms with Gasteiger partial charge in [-0.05, 0) is 18.2 Å². The summed E-state index contributed by atoms with van der Waals surface area (Å²) in [4.78, 5) is 14.5. The van der Waals surface area contributed by atoms with E-state index in [9.17, 15) is 4.79 Å². The summed E-state index contributed by atoms with van der Waals surface area (Å²) in [7, 11) is 3.05. The Morgan fingerprint density at radius 3 is 2.56 bits per heavy atom. The standard InChI is InChI=1S/C11H11N3O4/c1-17-7-4-3-6(5-8(7)18-2)9-12-10(11(15)16)14-13-9/h3-5H,1-2H3,(H,15,16)(H,12,13,14). The van der Waals surface area contributed by atoms with Gasteiger partial charge in [-0.25, -0.2) is 9.78 Å². The molecule has 2 rings (SSSR count). The van der Waals surface area contributed by atoms with Crippen molar-refractivity contribution in [3.8, 4) is 22.9 Å². The molecule has 0 bridgehead atoms. The molecule has 1 heterocycles. The lowest BCUT2D eigenvalue weighted by molar-refractivity contribution is 0.0684. The summed E-state index contributed by atoms with van der Waals surface area (Å²) >= 11 is 0. The van der Waals surface area contributed by atoms with E-state index >= 15 is 0 Å². The number of ether oxygens (including phenoxy) is 2. The Kier molecular flexibility index (Phi) is 3.13. The second-order valence-electron chi connectivity index (χ2n) is 3.38. The smallest absolute Gasteiger partial charge is 0.373 e. The molecule has 0 saturated heterocycles. The maximum absolute atomic E-state index is 10.7. The number of aromatic carboxylic acids is 1. The first-order valence-corrected chi connectivity index (χ1v) is 5.03. The number of hydrogen-bond acceptors (Lipinski definition) is 5. The van der Waals surface area contributed by atoms with Crippen LogP contribution in [0.3, 0.4) is 0 Å². The monoisotopic (exact) mass is 249 g/mol. The summed E-state index contributed by atoms with van der Waals surface area (Å²) in [5, 5.41) is 14.9. The largest absolute Gasteiger partial charge is 0.493 e. The van der Waals surface area contributed by atoms with Gasteiger partial charge in [-0.2, -0.15) is 5.10 Å². The molecule has 2 N–H and O–H groups in total. The number of carbonyl (C=O) groups is 1. The number of carboxylic acids is 1. The third-order valence-electron chi connectivity index (χ3n) is 2.33. The number of nitrogens with one attached hydrogen (secondary N) is 1. The summed E-state index contributed by atoms with van der Waals surface area (Å²) in [6, 6.07) is 5.09. The van der Waals surface area contributed by atoms with Crippen molar-refractivity contribution in [2.75, 3.05) is 14.2 Å². The van der Waals surface area contributed by atoms with E-state index in [4.69, 9.17) is 14.6 Å². The van der Waals surface area contributed by atoms with Gasteiger partial charge in [0.15, 0.2) is 17.3 Å². The third-order valence-corrected chi connectivity index (χ3v) is 2.33. The molecular formula is C11H11N3O4. The van der Waals surface area contributed by atoms with E-state index in [0.29, 0.717) is 17.1 Å². The number of carboxylic acid groups (broad SMARTS) is 1. The van der Waals surface area contributed by atoms with Gasteiger partial charge in [0.1, 0.15) is 0 Å². The summed E-state index contributed by atoms with van der Waals surface area (Å²) in [6.45, 7) is 0. The van der Waals surface area contributed by atoms with Gasteiger partial charge in [-0.1, -0.05) is 0 Å². The quantitative estimate of drug-likeness (QED) is 0.844. The number of nitrogens with zero attached hydrogens (tertiary/aromatic N) is 2. The predicted octanol–water partition coefficient (Wildman–Crippen LogP) is 1.19. The van der Waals surface area contributed by atoms with Crippen LogP contribution in [-0.2, 0) is 0 Å². The van der Waals surface area contributed by atoms with Crippen molar-refractivity contribution >= 4 is 5.97 Å². The van der Waals surface area contributed by atoms with Gasteiger partial charge < -0.3 is 14.6 Å². The SMILES string of the molecule is COc1ccc(-c2n[nH]c(C(=O)O)n2)cc1OC. The molecule has 7 heteroatoms. The van der Waals surface area contributed by atoms with Crippen LogP contribution in [0.25, 0.3) is 11.4 Å². The van der Waals surface area contributed by atoms with Crippen molar-refractivity contribution in [3.05, 3.63) is 24.0 Å². The zero-order valence-electron chi connectivity index (χ0n) is 9.80. The molecule has 0 fully saturated rings. The minimum Gasteiger partial charge on any atom is -0.493 e. The lowest BCUT2D eigenvalue weighted by atomic mass is 10.2. The van der Waals surface area contributed by atoms with Gasteiger partial charge in [0, 0.05) is 5.56 Å². The Morgan fingerprint density at radius 1 is 1.28 bits per heavy atom. The normalized spacial score (nSPS) is 10.1. The fraction of sp³-hybridized carbons (Fsp3) is 0.182. The molecular weight excluding hydrogens is 238 g/mol. The first-order chi connectivity index (χ1) is 8.65. The van der Waals surface area contributed by atoms with Gasteiger partial charge in [0.05, 0.1) is 14.2 Å². The van der Waals surface area contributed by atoms with Gasteiger partial charge in [-0.15, -0.1) is 0 Å². The molecule has 0 saturated carbocycles. The number of benzene rings is 1. The molecule has 0 aliphatic rings. The molecule has 0 unspecified atom stereocenters. The second kappa shape index (κ2) is 4.74. The molecule has 1 aromatic carbocycles. The van der Waals surface area contributed by atoms with E-state index in [2.05, 4.69) is 15.2 Å². The Morgan fingerprint density at radius 2 is 2.00 bits per heavy atom. The summed E-state index contributed by atoms with van der Waals surface area (Å²) in [5.74, 6) is 0.0225. The predicted molar refractivity (Wildman–Crippen MR) is 61.9 cm³/mol. The summed E-state index contributed by atoms with van der Waals surface area (Å²) in [6.07, 6.45) is 0. The van der Waals surface area contributed by atoms with Crippen LogP contribution in [0.15, 0.2) is 18.2 Å². The summed E-state index contributed by atoms with van der Waals surface area (Å²) in [5.41, 5.74) is 0.636. The van der Waals surface area contributed by atoms with E-state index < -0.39 is 5.97 Å². The molecule has 7 nitrogen and oxygen atoms in total. The lowest BCUT2D eigenvalue weighted by Gasteiger charge is -2.07. The molecule has 0 aliphatic carbocycles. The average Bonchev–Trinajstić information content (AvgIpc) is 2.87. The molecule has 1 aromatic heterocycles. The highest BCUT2D eigenvalue weighted by Crippen LogP contribution is 2.30. The maximum Gasteiger partial charge on any atom is 0.373 e. The lowest BCUT2D eigenvalue weighted by Crippen LogP contribution is -1.98. The Balaban J connectivity index is 2.41. The van der Waals surface area contributed by atoms with Crippen LogP contribution < -0.4 is 9.47 Å². The van der Waals surface area contributed by atoms with E-state index in [-0.39, 0.29) is 11.6 Å². The fourth-order valence-corrected chi connectivity index (χ4v) is 1.46. The minimum absolute atomic E-state index is 0.209. The first kappa shape index (κ1) is 11.9. The molecule has 0 radical (unpaired) electrons. The van der Waals surface area contributed by atoms with Crippen LogP contribution in [0.4, 0.5) is 0 Å². The molecule has 94 valence electrons. The molecule has 0 spiro atoms. The van der Waals surface area contributed by atoms with Crippen LogP contribution in [0.2, 0.25) is 0 Å². The van der Waals surface area contributed by atoms with Crippen LogP contribution in [0.1, 0.15) is 10.6 Å². The molecule has 0 amide bonds. The van der Waals surface area contributed by atoms with Crippen LogP contribution in [-0.4, -0.2) is 40.5 Å². The van der Waals surface area contributed by atoms with Crippen molar-refractivity contribution in [3.63, 3.8) is 0 Å². The van der Waals surface area contributed by atoms with Crippen molar-refractivity contribution in [2.24, 2.45) is 0 Å². The van der Waals surface area contributed by atoms with E-state index in [1.165, 1.54) is 14.2 Å². The topological polar surface area (TPSA) is 97.3 Å². The first-order valence-electron chi connectivity index (χ1n) is 5.03. The van der Waals surface area contributed by atoms with Gasteiger partial charge in [0.2, 0.25) is 5.82 Å². The molecule has 2 aromatic rings.